The van der Waals surface area contributed by atoms with Crippen LogP contribution in [0.5, 0.6) is 0 Å². The minimum atomic E-state index is 1.09. The van der Waals surface area contributed by atoms with E-state index in [0.29, 0.717) is 0 Å². The van der Waals surface area contributed by atoms with E-state index in [0.717, 1.165) is 16.3 Å². The maximum atomic E-state index is 4.38. The number of nitrogens with zero attached hydrogens (tertiary/aromatic N) is 3. The first kappa shape index (κ1) is 8.44. The maximum absolute atomic E-state index is 4.38. The van der Waals surface area contributed by atoms with Crippen molar-refractivity contribution in [2.24, 2.45) is 7.05 Å². The van der Waals surface area contributed by atoms with Crippen molar-refractivity contribution in [3.8, 4) is 10.4 Å². The summed E-state index contributed by atoms with van der Waals surface area (Å²) >= 11 is 1.72. The van der Waals surface area contributed by atoms with Crippen LogP contribution in [0.3, 0.4) is 0 Å². The Morgan fingerprint density at radius 1 is 1.38 bits per heavy atom. The first-order valence-electron chi connectivity index (χ1n) is 4.10. The molecule has 0 saturated heterocycles. The van der Waals surface area contributed by atoms with Gasteiger partial charge in [0.25, 0.3) is 0 Å². The predicted octanol–water partition coefficient (Wildman–Crippen LogP) is 2.16. The van der Waals surface area contributed by atoms with Crippen molar-refractivity contribution in [3.05, 3.63) is 23.1 Å². The number of thiazole rings is 1. The number of hydrogen-bond donors (Lipinski definition) is 0. The van der Waals surface area contributed by atoms with E-state index in [1.165, 1.54) is 4.88 Å². The third-order valence-electron chi connectivity index (χ3n) is 1.87. The van der Waals surface area contributed by atoms with Gasteiger partial charge in [-0.05, 0) is 13.8 Å². The van der Waals surface area contributed by atoms with Gasteiger partial charge in [-0.1, -0.05) is 0 Å². The molecule has 0 radical (unpaired) electrons. The molecule has 0 N–H and O–H groups in total. The Balaban J connectivity index is 2.51. The third kappa shape index (κ3) is 1.49. The number of rotatable bonds is 1. The Kier molecular flexibility index (Phi) is 1.92. The minimum absolute atomic E-state index is 1.09. The van der Waals surface area contributed by atoms with Crippen LogP contribution in [0.1, 0.15) is 10.7 Å². The van der Waals surface area contributed by atoms with Gasteiger partial charge in [-0.3, -0.25) is 4.68 Å². The smallest absolute Gasteiger partial charge is 0.0903 e. The fourth-order valence-corrected chi connectivity index (χ4v) is 2.23. The molecular weight excluding hydrogens is 182 g/mol. The van der Waals surface area contributed by atoms with Crippen LogP contribution in [0.4, 0.5) is 0 Å². The van der Waals surface area contributed by atoms with Crippen LogP contribution in [-0.2, 0) is 7.05 Å². The molecule has 0 spiro atoms. The van der Waals surface area contributed by atoms with Crippen molar-refractivity contribution >= 4 is 11.3 Å². The van der Waals surface area contributed by atoms with E-state index in [2.05, 4.69) is 10.1 Å². The van der Waals surface area contributed by atoms with Crippen LogP contribution in [0, 0.1) is 13.8 Å². The molecule has 4 heteroatoms. The lowest BCUT2D eigenvalue weighted by Gasteiger charge is -1.90. The molecule has 13 heavy (non-hydrogen) atoms. The Morgan fingerprint density at radius 2 is 2.15 bits per heavy atom. The number of aryl methyl sites for hydroxylation is 3. The monoisotopic (exact) mass is 193 g/mol. The van der Waals surface area contributed by atoms with Crippen molar-refractivity contribution in [1.29, 1.82) is 0 Å². The lowest BCUT2D eigenvalue weighted by Crippen LogP contribution is -1.84. The molecule has 0 aliphatic rings. The highest BCUT2D eigenvalue weighted by molar-refractivity contribution is 7.15. The van der Waals surface area contributed by atoms with E-state index in [9.17, 15) is 0 Å². The molecule has 2 aromatic rings. The molecule has 0 aliphatic heterocycles. The Hall–Kier alpha value is -1.16. The molecule has 2 rings (SSSR count). The molecule has 0 bridgehead atoms. The molecule has 0 atom stereocenters. The normalized spacial score (nSPS) is 10.7. The molecular formula is C9H11N3S. The third-order valence-corrected chi connectivity index (χ3v) is 2.99. The lowest BCUT2D eigenvalue weighted by atomic mass is 10.2. The standard InChI is InChI=1S/C9H11N3S/c1-6-9(13-7(2)11-6)8-4-10-12(3)5-8/h4-5H,1-3H3. The highest BCUT2D eigenvalue weighted by atomic mass is 32.1. The molecule has 0 aliphatic carbocycles. The summed E-state index contributed by atoms with van der Waals surface area (Å²) in [5, 5.41) is 5.25. The Bertz CT molecular complexity index is 428. The van der Waals surface area contributed by atoms with E-state index in [1.54, 1.807) is 11.3 Å². The van der Waals surface area contributed by atoms with Gasteiger partial charge >= 0.3 is 0 Å². The SMILES string of the molecule is Cc1nc(C)c(-c2cnn(C)c2)s1. The van der Waals surface area contributed by atoms with Crippen LogP contribution in [-0.4, -0.2) is 14.8 Å². The van der Waals surface area contributed by atoms with Gasteiger partial charge in [0.1, 0.15) is 0 Å². The Labute approximate surface area is 81.1 Å². The van der Waals surface area contributed by atoms with Gasteiger partial charge in [0, 0.05) is 18.8 Å². The van der Waals surface area contributed by atoms with Crippen LogP contribution >= 0.6 is 11.3 Å². The van der Waals surface area contributed by atoms with Crippen molar-refractivity contribution in [1.82, 2.24) is 14.8 Å². The molecule has 0 fully saturated rings. The molecule has 3 nitrogen and oxygen atoms in total. The zero-order valence-electron chi connectivity index (χ0n) is 7.90. The quantitative estimate of drug-likeness (QED) is 0.695. The zero-order valence-corrected chi connectivity index (χ0v) is 8.72. The van der Waals surface area contributed by atoms with Crippen LogP contribution in [0.25, 0.3) is 10.4 Å². The average molecular weight is 193 g/mol. The molecule has 0 aromatic carbocycles. The fraction of sp³-hybridized carbons (Fsp3) is 0.333. The van der Waals surface area contributed by atoms with Gasteiger partial charge in [0.2, 0.25) is 0 Å². The molecule has 0 amide bonds. The second-order valence-corrected chi connectivity index (χ2v) is 4.25. The van der Waals surface area contributed by atoms with E-state index in [-0.39, 0.29) is 0 Å². The van der Waals surface area contributed by atoms with Gasteiger partial charge in [0.15, 0.2) is 0 Å². The Morgan fingerprint density at radius 3 is 2.62 bits per heavy atom. The van der Waals surface area contributed by atoms with Crippen molar-refractivity contribution < 1.29 is 0 Å². The summed E-state index contributed by atoms with van der Waals surface area (Å²) in [6.45, 7) is 4.06. The van der Waals surface area contributed by atoms with Gasteiger partial charge in [0.05, 0.1) is 21.8 Å². The number of aromatic nitrogens is 3. The van der Waals surface area contributed by atoms with Crippen LogP contribution in [0.15, 0.2) is 12.4 Å². The molecule has 68 valence electrons. The van der Waals surface area contributed by atoms with Gasteiger partial charge in [-0.2, -0.15) is 5.10 Å². The molecule has 2 heterocycles. The van der Waals surface area contributed by atoms with Crippen LogP contribution < -0.4 is 0 Å². The van der Waals surface area contributed by atoms with Crippen LogP contribution in [0.2, 0.25) is 0 Å². The van der Waals surface area contributed by atoms with Gasteiger partial charge < -0.3 is 0 Å². The fourth-order valence-electron chi connectivity index (χ4n) is 1.34. The second kappa shape index (κ2) is 2.96. The summed E-state index contributed by atoms with van der Waals surface area (Å²) in [7, 11) is 1.92. The topological polar surface area (TPSA) is 30.7 Å². The summed E-state index contributed by atoms with van der Waals surface area (Å²) in [5.41, 5.74) is 2.25. The maximum Gasteiger partial charge on any atom is 0.0903 e. The summed E-state index contributed by atoms with van der Waals surface area (Å²) < 4.78 is 1.81. The van der Waals surface area contributed by atoms with E-state index in [4.69, 9.17) is 0 Å². The summed E-state index contributed by atoms with van der Waals surface area (Å²) in [5.74, 6) is 0. The van der Waals surface area contributed by atoms with Crippen molar-refractivity contribution in [3.63, 3.8) is 0 Å². The first-order chi connectivity index (χ1) is 6.16. The molecule has 0 saturated carbocycles. The van der Waals surface area contributed by atoms with E-state index < -0.39 is 0 Å². The summed E-state index contributed by atoms with van der Waals surface area (Å²) in [4.78, 5) is 5.61. The van der Waals surface area contributed by atoms with Crippen molar-refractivity contribution in [2.45, 2.75) is 13.8 Å². The zero-order chi connectivity index (χ0) is 9.42. The van der Waals surface area contributed by atoms with Gasteiger partial charge in [-0.25, -0.2) is 4.98 Å². The van der Waals surface area contributed by atoms with Crippen molar-refractivity contribution in [2.75, 3.05) is 0 Å². The summed E-state index contributed by atoms with van der Waals surface area (Å²) in [6.07, 6.45) is 3.89. The highest BCUT2D eigenvalue weighted by Gasteiger charge is 2.08. The lowest BCUT2D eigenvalue weighted by molar-refractivity contribution is 0.768. The number of hydrogen-bond acceptors (Lipinski definition) is 3. The predicted molar refractivity (Wildman–Crippen MR) is 53.8 cm³/mol. The largest absolute Gasteiger partial charge is 0.275 e. The summed E-state index contributed by atoms with van der Waals surface area (Å²) in [6, 6.07) is 0. The van der Waals surface area contributed by atoms with E-state index in [1.807, 2.05) is 38.0 Å². The second-order valence-electron chi connectivity index (χ2n) is 3.05. The molecule has 2 aromatic heterocycles. The average Bonchev–Trinajstić information content (AvgIpc) is 2.58. The minimum Gasteiger partial charge on any atom is -0.275 e. The van der Waals surface area contributed by atoms with E-state index >= 15 is 0 Å². The highest BCUT2D eigenvalue weighted by Crippen LogP contribution is 2.28. The molecule has 0 unspecified atom stereocenters. The first-order valence-corrected chi connectivity index (χ1v) is 4.91. The van der Waals surface area contributed by atoms with Gasteiger partial charge in [-0.15, -0.1) is 11.3 Å².